The summed E-state index contributed by atoms with van der Waals surface area (Å²) in [6, 6.07) is 14.3. The lowest BCUT2D eigenvalue weighted by Crippen LogP contribution is -2.48. The van der Waals surface area contributed by atoms with Gasteiger partial charge in [0.25, 0.3) is 5.91 Å². The third-order valence-electron chi connectivity index (χ3n) is 4.76. The standard InChI is InChI=1S/C21H20N4O4/c1-13(26)22-16-9-7-14(8-10-16)21(27)25-11-15(12-25)20-23-19(24-29-20)17-5-3-4-6-18(17)28-2/h3-10,15H,11-12H2,1-2H3,(H,22,26). The molecule has 0 radical (unpaired) electrons. The van der Waals surface area contributed by atoms with E-state index in [2.05, 4.69) is 15.5 Å². The Morgan fingerprint density at radius 3 is 2.55 bits per heavy atom. The quantitative estimate of drug-likeness (QED) is 0.717. The first kappa shape index (κ1) is 18.7. The van der Waals surface area contributed by atoms with Crippen molar-refractivity contribution in [2.45, 2.75) is 12.8 Å². The van der Waals surface area contributed by atoms with Crippen molar-refractivity contribution in [1.29, 1.82) is 0 Å². The SMILES string of the molecule is COc1ccccc1-c1noc(C2CN(C(=O)c3ccc(NC(C)=O)cc3)C2)n1. The maximum Gasteiger partial charge on any atom is 0.253 e. The van der Waals surface area contributed by atoms with E-state index in [-0.39, 0.29) is 17.7 Å². The van der Waals surface area contributed by atoms with E-state index in [4.69, 9.17) is 9.26 Å². The minimum atomic E-state index is -0.151. The summed E-state index contributed by atoms with van der Waals surface area (Å²) < 4.78 is 10.8. The van der Waals surface area contributed by atoms with Gasteiger partial charge in [-0.1, -0.05) is 17.3 Å². The van der Waals surface area contributed by atoms with Crippen LogP contribution < -0.4 is 10.1 Å². The van der Waals surface area contributed by atoms with Crippen LogP contribution in [0.1, 0.15) is 29.1 Å². The second kappa shape index (κ2) is 7.75. The Balaban J connectivity index is 1.39. The monoisotopic (exact) mass is 392 g/mol. The molecule has 1 aromatic heterocycles. The highest BCUT2D eigenvalue weighted by atomic mass is 16.5. The van der Waals surface area contributed by atoms with Crippen LogP contribution in [0.2, 0.25) is 0 Å². The van der Waals surface area contributed by atoms with Crippen LogP contribution in [0.5, 0.6) is 5.75 Å². The zero-order chi connectivity index (χ0) is 20.4. The molecule has 2 aromatic carbocycles. The Morgan fingerprint density at radius 1 is 1.14 bits per heavy atom. The highest BCUT2D eigenvalue weighted by Gasteiger charge is 2.36. The normalized spacial score (nSPS) is 13.7. The van der Waals surface area contributed by atoms with Gasteiger partial charge in [-0.3, -0.25) is 9.59 Å². The maximum atomic E-state index is 12.6. The predicted molar refractivity (Wildman–Crippen MR) is 106 cm³/mol. The topological polar surface area (TPSA) is 97.6 Å². The van der Waals surface area contributed by atoms with Gasteiger partial charge in [-0.2, -0.15) is 4.98 Å². The number of carbonyl (C=O) groups is 2. The van der Waals surface area contributed by atoms with Gasteiger partial charge in [0.05, 0.1) is 18.6 Å². The molecular weight excluding hydrogens is 372 g/mol. The summed E-state index contributed by atoms with van der Waals surface area (Å²) in [6.07, 6.45) is 0. The molecule has 29 heavy (non-hydrogen) atoms. The summed E-state index contributed by atoms with van der Waals surface area (Å²) in [6.45, 7) is 2.47. The van der Waals surface area contributed by atoms with E-state index < -0.39 is 0 Å². The molecule has 1 N–H and O–H groups in total. The Kier molecular flexibility index (Phi) is 4.99. The minimum absolute atomic E-state index is 0.00793. The molecule has 2 amide bonds. The molecular formula is C21H20N4O4. The van der Waals surface area contributed by atoms with Crippen molar-refractivity contribution in [2.24, 2.45) is 0 Å². The number of hydrogen-bond donors (Lipinski definition) is 1. The molecule has 0 spiro atoms. The van der Waals surface area contributed by atoms with E-state index >= 15 is 0 Å². The number of benzene rings is 2. The van der Waals surface area contributed by atoms with Crippen LogP contribution in [0.15, 0.2) is 53.1 Å². The molecule has 1 aliphatic heterocycles. The van der Waals surface area contributed by atoms with E-state index in [0.717, 1.165) is 5.56 Å². The Bertz CT molecular complexity index is 1040. The number of nitrogens with zero attached hydrogens (tertiary/aromatic N) is 3. The van der Waals surface area contributed by atoms with Gasteiger partial charge in [0, 0.05) is 31.3 Å². The lowest BCUT2D eigenvalue weighted by atomic mass is 9.98. The predicted octanol–water partition coefficient (Wildman–Crippen LogP) is 2.94. The second-order valence-electron chi connectivity index (χ2n) is 6.82. The highest BCUT2D eigenvalue weighted by Crippen LogP contribution is 2.31. The fourth-order valence-corrected chi connectivity index (χ4v) is 3.22. The number of methoxy groups -OCH3 is 1. The summed E-state index contributed by atoms with van der Waals surface area (Å²) in [5, 5.41) is 6.74. The van der Waals surface area contributed by atoms with E-state index in [0.29, 0.717) is 41.8 Å². The number of nitrogens with one attached hydrogen (secondary N) is 1. The Labute approximate surface area is 167 Å². The van der Waals surface area contributed by atoms with Crippen LogP contribution in [0, 0.1) is 0 Å². The van der Waals surface area contributed by atoms with Crippen molar-refractivity contribution < 1.29 is 18.8 Å². The van der Waals surface area contributed by atoms with Crippen LogP contribution in [0.25, 0.3) is 11.4 Å². The van der Waals surface area contributed by atoms with Crippen LogP contribution in [-0.4, -0.2) is 47.1 Å². The lowest BCUT2D eigenvalue weighted by molar-refractivity contribution is -0.114. The Hall–Kier alpha value is -3.68. The molecule has 0 unspecified atom stereocenters. The molecule has 1 fully saturated rings. The van der Waals surface area contributed by atoms with Crippen LogP contribution >= 0.6 is 0 Å². The van der Waals surface area contributed by atoms with Crippen molar-refractivity contribution in [3.05, 3.63) is 60.0 Å². The minimum Gasteiger partial charge on any atom is -0.496 e. The number of hydrogen-bond acceptors (Lipinski definition) is 6. The number of ether oxygens (including phenoxy) is 1. The molecule has 0 atom stereocenters. The van der Waals surface area contributed by atoms with Gasteiger partial charge in [-0.05, 0) is 36.4 Å². The lowest BCUT2D eigenvalue weighted by Gasteiger charge is -2.37. The van der Waals surface area contributed by atoms with E-state index in [9.17, 15) is 9.59 Å². The van der Waals surface area contributed by atoms with Crippen molar-refractivity contribution in [3.63, 3.8) is 0 Å². The van der Waals surface area contributed by atoms with Gasteiger partial charge in [0.2, 0.25) is 17.6 Å². The summed E-state index contributed by atoms with van der Waals surface area (Å²) in [4.78, 5) is 29.9. The molecule has 1 saturated heterocycles. The van der Waals surface area contributed by atoms with Crippen LogP contribution in [0.4, 0.5) is 5.69 Å². The van der Waals surface area contributed by atoms with Gasteiger partial charge in [0.1, 0.15) is 5.75 Å². The molecule has 8 nitrogen and oxygen atoms in total. The summed E-state index contributed by atoms with van der Waals surface area (Å²) in [5.41, 5.74) is 1.99. The summed E-state index contributed by atoms with van der Waals surface area (Å²) in [5.74, 6) is 1.44. The molecule has 0 aliphatic carbocycles. The summed E-state index contributed by atoms with van der Waals surface area (Å²) in [7, 11) is 1.60. The maximum absolute atomic E-state index is 12.6. The first-order valence-electron chi connectivity index (χ1n) is 9.19. The molecule has 3 aromatic rings. The number of anilines is 1. The molecule has 148 valence electrons. The number of carbonyl (C=O) groups excluding carboxylic acids is 2. The van der Waals surface area contributed by atoms with Crippen molar-refractivity contribution in [2.75, 3.05) is 25.5 Å². The first-order chi connectivity index (χ1) is 14.0. The Morgan fingerprint density at radius 2 is 1.86 bits per heavy atom. The number of rotatable bonds is 5. The fraction of sp³-hybridized carbons (Fsp3) is 0.238. The highest BCUT2D eigenvalue weighted by molar-refractivity contribution is 5.96. The molecule has 2 heterocycles. The smallest absolute Gasteiger partial charge is 0.253 e. The average Bonchev–Trinajstić information content (AvgIpc) is 3.16. The fourth-order valence-electron chi connectivity index (χ4n) is 3.22. The zero-order valence-corrected chi connectivity index (χ0v) is 16.1. The van der Waals surface area contributed by atoms with Crippen LogP contribution in [0.3, 0.4) is 0 Å². The van der Waals surface area contributed by atoms with Gasteiger partial charge in [0.15, 0.2) is 0 Å². The number of amides is 2. The first-order valence-corrected chi connectivity index (χ1v) is 9.19. The van der Waals surface area contributed by atoms with E-state index in [1.165, 1.54) is 6.92 Å². The van der Waals surface area contributed by atoms with Gasteiger partial charge in [-0.15, -0.1) is 0 Å². The number of para-hydroxylation sites is 1. The average molecular weight is 392 g/mol. The number of aromatic nitrogens is 2. The second-order valence-corrected chi connectivity index (χ2v) is 6.82. The van der Waals surface area contributed by atoms with Gasteiger partial charge in [-0.25, -0.2) is 0 Å². The van der Waals surface area contributed by atoms with Gasteiger partial charge >= 0.3 is 0 Å². The molecule has 0 bridgehead atoms. The third kappa shape index (κ3) is 3.82. The van der Waals surface area contributed by atoms with Crippen molar-refractivity contribution >= 4 is 17.5 Å². The zero-order valence-electron chi connectivity index (χ0n) is 16.1. The largest absolute Gasteiger partial charge is 0.496 e. The van der Waals surface area contributed by atoms with Crippen molar-refractivity contribution in [1.82, 2.24) is 15.0 Å². The molecule has 1 aliphatic rings. The number of likely N-dealkylation sites (tertiary alicyclic amines) is 1. The van der Waals surface area contributed by atoms with E-state index in [1.54, 1.807) is 36.3 Å². The summed E-state index contributed by atoms with van der Waals surface area (Å²) >= 11 is 0. The van der Waals surface area contributed by atoms with Gasteiger partial charge < -0.3 is 19.5 Å². The molecule has 0 saturated carbocycles. The third-order valence-corrected chi connectivity index (χ3v) is 4.76. The van der Waals surface area contributed by atoms with Crippen LogP contribution in [-0.2, 0) is 4.79 Å². The van der Waals surface area contributed by atoms with Crippen molar-refractivity contribution in [3.8, 4) is 17.1 Å². The molecule has 4 rings (SSSR count). The van der Waals surface area contributed by atoms with E-state index in [1.807, 2.05) is 24.3 Å². The molecule has 8 heteroatoms.